The van der Waals surface area contributed by atoms with Crippen LogP contribution >= 0.6 is 0 Å². The van der Waals surface area contributed by atoms with E-state index in [4.69, 9.17) is 4.74 Å². The Bertz CT molecular complexity index is 1070. The van der Waals surface area contributed by atoms with Crippen molar-refractivity contribution >= 4 is 15.9 Å². The Morgan fingerprint density at radius 1 is 1.09 bits per heavy atom. The van der Waals surface area contributed by atoms with Gasteiger partial charge < -0.3 is 14.2 Å². The highest BCUT2D eigenvalue weighted by molar-refractivity contribution is 7.88. The average Bonchev–Trinajstić information content (AvgIpc) is 2.75. The van der Waals surface area contributed by atoms with Crippen LogP contribution in [0.2, 0.25) is 0 Å². The van der Waals surface area contributed by atoms with Gasteiger partial charge in [-0.15, -0.1) is 0 Å². The second-order valence-electron chi connectivity index (χ2n) is 7.73. The summed E-state index contributed by atoms with van der Waals surface area (Å²) in [5.74, 6) is 0.0318. The van der Waals surface area contributed by atoms with Crippen LogP contribution in [0.15, 0.2) is 18.2 Å². The molecule has 0 aliphatic carbocycles. The van der Waals surface area contributed by atoms with Crippen molar-refractivity contribution in [2.24, 2.45) is 0 Å². The van der Waals surface area contributed by atoms with Crippen LogP contribution in [-0.2, 0) is 16.5 Å². The number of nitrogens with zero attached hydrogens (tertiary/aromatic N) is 2. The van der Waals surface area contributed by atoms with Crippen molar-refractivity contribution in [2.45, 2.75) is 71.4 Å². The van der Waals surface area contributed by atoms with Crippen LogP contribution < -0.4 is 14.2 Å². The number of nitrogens with one attached hydrogen (secondary N) is 1. The number of rotatable bonds is 10. The number of pyridine rings is 2. The number of ether oxygens (including phenoxy) is 1. The zero-order chi connectivity index (χ0) is 25.0. The van der Waals surface area contributed by atoms with Crippen LogP contribution in [0.5, 0.6) is 11.6 Å². The first kappa shape index (κ1) is 26.7. The Morgan fingerprint density at radius 3 is 2.21 bits per heavy atom. The summed E-state index contributed by atoms with van der Waals surface area (Å²) in [5, 5.41) is 2.94. The minimum absolute atomic E-state index is 0.0303. The number of alkyl halides is 3. The number of halogens is 3. The zero-order valence-electron chi connectivity index (χ0n) is 19.6. The minimum Gasteiger partial charge on any atom is -0.487 e. The van der Waals surface area contributed by atoms with E-state index >= 15 is 0 Å². The van der Waals surface area contributed by atoms with Gasteiger partial charge in [0.2, 0.25) is 5.88 Å². The monoisotopic (exact) mass is 489 g/mol. The third kappa shape index (κ3) is 6.07. The first-order valence-corrected chi connectivity index (χ1v) is 12.2. The quantitative estimate of drug-likeness (QED) is 0.340. The molecule has 0 bridgehead atoms. The van der Waals surface area contributed by atoms with Gasteiger partial charge in [0.05, 0.1) is 17.4 Å². The van der Waals surface area contributed by atoms with E-state index in [-0.39, 0.29) is 23.3 Å². The van der Waals surface area contributed by atoms with Crippen LogP contribution in [0.4, 0.5) is 19.0 Å². The van der Waals surface area contributed by atoms with Crippen LogP contribution in [0.25, 0.3) is 11.3 Å². The molecule has 0 amide bonds. The molecule has 0 spiro atoms. The Labute approximate surface area is 192 Å². The van der Waals surface area contributed by atoms with Crippen LogP contribution in [-0.4, -0.2) is 37.0 Å². The van der Waals surface area contributed by atoms with Crippen molar-refractivity contribution in [1.82, 2.24) is 9.97 Å². The van der Waals surface area contributed by atoms with Gasteiger partial charge in [-0.3, -0.25) is 0 Å². The molecule has 0 aromatic carbocycles. The van der Waals surface area contributed by atoms with E-state index < -0.39 is 21.5 Å². The molecule has 0 saturated carbocycles. The molecule has 0 atom stereocenters. The number of aryl methyl sites for hydroxylation is 1. The number of aromatic nitrogens is 2. The second kappa shape index (κ2) is 10.6. The summed E-state index contributed by atoms with van der Waals surface area (Å²) in [6, 6.07) is 4.85. The van der Waals surface area contributed by atoms with Gasteiger partial charge in [-0.05, 0) is 48.9 Å². The molecule has 7 nitrogen and oxygen atoms in total. The SMILES string of the molecule is CCc1cc(OC(CC)CC)c(NC)nc1-c1ccc(C(C)C)nc1OS(=O)(=O)C(F)(F)F. The van der Waals surface area contributed by atoms with Gasteiger partial charge in [0.25, 0.3) is 0 Å². The van der Waals surface area contributed by atoms with E-state index in [0.717, 1.165) is 12.8 Å². The molecule has 0 unspecified atom stereocenters. The molecule has 2 heterocycles. The van der Waals surface area contributed by atoms with Crippen molar-refractivity contribution in [3.63, 3.8) is 0 Å². The Balaban J connectivity index is 2.72. The molecule has 184 valence electrons. The van der Waals surface area contributed by atoms with Crippen LogP contribution in [0.3, 0.4) is 0 Å². The first-order chi connectivity index (χ1) is 15.4. The molecule has 2 aromatic heterocycles. The molecule has 0 radical (unpaired) electrons. The van der Waals surface area contributed by atoms with Crippen LogP contribution in [0, 0.1) is 0 Å². The summed E-state index contributed by atoms with van der Waals surface area (Å²) in [6.07, 6.45) is 2.01. The molecule has 11 heteroatoms. The summed E-state index contributed by atoms with van der Waals surface area (Å²) in [7, 11) is -4.28. The van der Waals surface area contributed by atoms with Gasteiger partial charge in [0.15, 0.2) is 11.6 Å². The van der Waals surface area contributed by atoms with Gasteiger partial charge in [0, 0.05) is 12.7 Å². The number of anilines is 1. The van der Waals surface area contributed by atoms with Gasteiger partial charge in [-0.1, -0.05) is 34.6 Å². The molecule has 0 fully saturated rings. The van der Waals surface area contributed by atoms with E-state index in [1.807, 2.05) is 20.8 Å². The highest BCUT2D eigenvalue weighted by Crippen LogP contribution is 2.38. The predicted octanol–water partition coefficient (Wildman–Crippen LogP) is 5.67. The zero-order valence-corrected chi connectivity index (χ0v) is 20.4. The maximum atomic E-state index is 13.0. The molecule has 2 aromatic rings. The van der Waals surface area contributed by atoms with Crippen molar-refractivity contribution in [3.8, 4) is 22.9 Å². The summed E-state index contributed by atoms with van der Waals surface area (Å²) in [4.78, 5) is 8.63. The lowest BCUT2D eigenvalue weighted by atomic mass is 10.0. The fraction of sp³-hybridized carbons (Fsp3) is 0.545. The second-order valence-corrected chi connectivity index (χ2v) is 9.27. The Morgan fingerprint density at radius 2 is 1.73 bits per heavy atom. The fourth-order valence-electron chi connectivity index (χ4n) is 3.11. The summed E-state index contributed by atoms with van der Waals surface area (Å²) >= 11 is 0. The normalized spacial score (nSPS) is 12.3. The molecular weight excluding hydrogens is 459 g/mol. The van der Waals surface area contributed by atoms with E-state index in [1.165, 1.54) is 6.07 Å². The molecule has 1 N–H and O–H groups in total. The summed E-state index contributed by atoms with van der Waals surface area (Å²) in [5.41, 5.74) is -4.28. The van der Waals surface area contributed by atoms with E-state index in [9.17, 15) is 21.6 Å². The highest BCUT2D eigenvalue weighted by atomic mass is 32.2. The van der Waals surface area contributed by atoms with E-state index in [2.05, 4.69) is 19.5 Å². The third-order valence-corrected chi connectivity index (χ3v) is 6.03. The lowest BCUT2D eigenvalue weighted by Crippen LogP contribution is -2.28. The lowest BCUT2D eigenvalue weighted by Gasteiger charge is -2.21. The Kier molecular flexibility index (Phi) is 8.56. The molecule has 0 aliphatic rings. The Hall–Kier alpha value is -2.56. The van der Waals surface area contributed by atoms with Gasteiger partial charge >= 0.3 is 15.6 Å². The van der Waals surface area contributed by atoms with Crippen LogP contribution in [0.1, 0.15) is 64.6 Å². The largest absolute Gasteiger partial charge is 0.534 e. The molecule has 0 saturated heterocycles. The number of hydrogen-bond acceptors (Lipinski definition) is 7. The van der Waals surface area contributed by atoms with E-state index in [1.54, 1.807) is 33.0 Å². The van der Waals surface area contributed by atoms with Crippen molar-refractivity contribution in [1.29, 1.82) is 0 Å². The van der Waals surface area contributed by atoms with Gasteiger partial charge in [-0.2, -0.15) is 21.6 Å². The maximum Gasteiger partial charge on any atom is 0.534 e. The predicted molar refractivity (Wildman–Crippen MR) is 121 cm³/mol. The van der Waals surface area contributed by atoms with E-state index in [0.29, 0.717) is 29.2 Å². The fourth-order valence-corrected chi connectivity index (χ4v) is 3.54. The average molecular weight is 490 g/mol. The van der Waals surface area contributed by atoms with Crippen molar-refractivity contribution in [2.75, 3.05) is 12.4 Å². The number of hydrogen-bond donors (Lipinski definition) is 1. The highest BCUT2D eigenvalue weighted by Gasteiger charge is 2.49. The van der Waals surface area contributed by atoms with Crippen molar-refractivity contribution in [3.05, 3.63) is 29.5 Å². The molecule has 2 rings (SSSR count). The minimum atomic E-state index is -5.92. The van der Waals surface area contributed by atoms with Crippen molar-refractivity contribution < 1.29 is 30.5 Å². The first-order valence-electron chi connectivity index (χ1n) is 10.8. The van der Waals surface area contributed by atoms with Gasteiger partial charge in [-0.25, -0.2) is 9.97 Å². The standard InChI is InChI=1S/C22H30F3N3O4S/c1-7-14-12-18(31-15(8-2)9-3)20(26-6)28-19(14)16-10-11-17(13(4)5)27-21(16)32-33(29,30)22(23,24)25/h10-13,15H,7-9H2,1-6H3,(H,26,28). The topological polar surface area (TPSA) is 90.4 Å². The summed E-state index contributed by atoms with van der Waals surface area (Å²) in [6.45, 7) is 9.42. The third-order valence-electron chi connectivity index (χ3n) is 5.09. The summed E-state index contributed by atoms with van der Waals surface area (Å²) < 4.78 is 73.2. The van der Waals surface area contributed by atoms with Gasteiger partial charge in [0.1, 0.15) is 0 Å². The smallest absolute Gasteiger partial charge is 0.487 e. The lowest BCUT2D eigenvalue weighted by molar-refractivity contribution is -0.0501. The molecule has 33 heavy (non-hydrogen) atoms. The maximum absolute atomic E-state index is 13.0. The molecular formula is C22H30F3N3O4S. The molecule has 0 aliphatic heterocycles.